The zero-order chi connectivity index (χ0) is 13.4. The van der Waals surface area contributed by atoms with Crippen molar-refractivity contribution in [3.05, 3.63) is 11.8 Å². The highest BCUT2D eigenvalue weighted by Crippen LogP contribution is 2.31. The highest BCUT2D eigenvalue weighted by molar-refractivity contribution is 7.98. The van der Waals surface area contributed by atoms with Crippen LogP contribution < -0.4 is 4.90 Å². The maximum absolute atomic E-state index is 12.0. The van der Waals surface area contributed by atoms with E-state index in [1.165, 1.54) is 9.80 Å². The summed E-state index contributed by atoms with van der Waals surface area (Å²) < 4.78 is 5.16. The predicted octanol–water partition coefficient (Wildman–Crippen LogP) is 1.68. The largest absolute Gasteiger partial charge is 0.371 e. The van der Waals surface area contributed by atoms with E-state index < -0.39 is 6.23 Å². The van der Waals surface area contributed by atoms with Crippen LogP contribution in [-0.2, 0) is 0 Å². The second kappa shape index (κ2) is 4.81. The monoisotopic (exact) mass is 271 g/mol. The molecule has 0 bridgehead atoms. The number of nitrogens with zero attached hydrogens (tertiary/aromatic N) is 3. The summed E-state index contributed by atoms with van der Waals surface area (Å²) in [6, 6.07) is 1.15. The lowest BCUT2D eigenvalue weighted by Gasteiger charge is -2.15. The van der Waals surface area contributed by atoms with Gasteiger partial charge in [-0.3, -0.25) is 0 Å². The number of hydrogen-bond donors (Lipinski definition) is 1. The molecule has 1 aromatic rings. The summed E-state index contributed by atoms with van der Waals surface area (Å²) in [7, 11) is 1.65. The van der Waals surface area contributed by atoms with Crippen LogP contribution in [0.5, 0.6) is 0 Å². The minimum Gasteiger partial charge on any atom is -0.371 e. The highest BCUT2D eigenvalue weighted by Gasteiger charge is 2.43. The van der Waals surface area contributed by atoms with Crippen molar-refractivity contribution >= 4 is 23.7 Å². The molecule has 0 radical (unpaired) electrons. The number of aliphatic hydroxyl groups is 1. The van der Waals surface area contributed by atoms with Crippen molar-refractivity contribution in [2.75, 3.05) is 18.2 Å². The van der Waals surface area contributed by atoms with Gasteiger partial charge in [0.15, 0.2) is 6.23 Å². The number of aromatic nitrogens is 1. The van der Waals surface area contributed by atoms with Gasteiger partial charge in [-0.2, -0.15) is 11.8 Å². The van der Waals surface area contributed by atoms with Gasteiger partial charge in [0.05, 0.1) is 11.7 Å². The van der Waals surface area contributed by atoms with Crippen molar-refractivity contribution < 1.29 is 14.4 Å². The number of hydrogen-bond acceptors (Lipinski definition) is 5. The summed E-state index contributed by atoms with van der Waals surface area (Å²) in [5.41, 5.74) is 0.764. The Labute approximate surface area is 110 Å². The molecule has 0 saturated carbocycles. The van der Waals surface area contributed by atoms with E-state index in [0.29, 0.717) is 5.88 Å². The first kappa shape index (κ1) is 13.2. The fraction of sp³-hybridized carbons (Fsp3) is 0.636. The Hall–Kier alpha value is -1.21. The van der Waals surface area contributed by atoms with E-state index >= 15 is 0 Å². The minimum atomic E-state index is -0.909. The quantitative estimate of drug-likeness (QED) is 0.905. The van der Waals surface area contributed by atoms with Crippen molar-refractivity contribution in [3.8, 4) is 0 Å². The number of rotatable bonds is 3. The molecule has 1 saturated heterocycles. The molecule has 2 amide bonds. The summed E-state index contributed by atoms with van der Waals surface area (Å²) >= 11 is 1.64. The molecule has 1 aliphatic heterocycles. The molecule has 6 nitrogen and oxygen atoms in total. The van der Waals surface area contributed by atoms with Gasteiger partial charge >= 0.3 is 6.03 Å². The average molecular weight is 271 g/mol. The third-order valence-corrected chi connectivity index (χ3v) is 4.29. The zero-order valence-electron chi connectivity index (χ0n) is 10.8. The standard InChI is InChI=1S/C11H17N3O3S/c1-6-10(15)14(11(16)13(6)3)9-5-8(12-17-9)7(2)18-4/h5-7,10,15H,1-4H3. The SMILES string of the molecule is CSC(C)c1cc(N2C(=O)N(C)C(C)C2O)on1. The van der Waals surface area contributed by atoms with Crippen LogP contribution in [-0.4, -0.2) is 46.8 Å². The number of aliphatic hydroxyl groups excluding tert-OH is 1. The van der Waals surface area contributed by atoms with Crippen LogP contribution in [0.4, 0.5) is 10.7 Å². The van der Waals surface area contributed by atoms with E-state index in [4.69, 9.17) is 4.52 Å². The topological polar surface area (TPSA) is 69.8 Å². The minimum absolute atomic E-state index is 0.188. The Bertz CT molecular complexity index is 450. The highest BCUT2D eigenvalue weighted by atomic mass is 32.2. The van der Waals surface area contributed by atoms with Crippen molar-refractivity contribution in [3.63, 3.8) is 0 Å². The maximum Gasteiger partial charge on any atom is 0.329 e. The number of anilines is 1. The lowest BCUT2D eigenvalue weighted by Crippen LogP contribution is -2.35. The third kappa shape index (κ3) is 1.97. The molecule has 3 atom stereocenters. The molecular weight excluding hydrogens is 254 g/mol. The molecular formula is C11H17N3O3S. The molecule has 7 heteroatoms. The normalized spacial score (nSPS) is 25.9. The molecule has 18 heavy (non-hydrogen) atoms. The molecule has 2 heterocycles. The van der Waals surface area contributed by atoms with Crippen LogP contribution in [0.2, 0.25) is 0 Å². The van der Waals surface area contributed by atoms with Gasteiger partial charge in [-0.25, -0.2) is 9.69 Å². The van der Waals surface area contributed by atoms with Crippen molar-refractivity contribution in [1.82, 2.24) is 10.1 Å². The summed E-state index contributed by atoms with van der Waals surface area (Å²) in [5.74, 6) is 0.291. The fourth-order valence-corrected chi connectivity index (χ4v) is 2.15. The Morgan fingerprint density at radius 2 is 2.28 bits per heavy atom. The maximum atomic E-state index is 12.0. The third-order valence-electron chi connectivity index (χ3n) is 3.34. The molecule has 1 fully saturated rings. The molecule has 0 aromatic carbocycles. The molecule has 1 aromatic heterocycles. The van der Waals surface area contributed by atoms with E-state index in [1.807, 2.05) is 13.2 Å². The van der Waals surface area contributed by atoms with Crippen molar-refractivity contribution in [2.45, 2.75) is 31.4 Å². The van der Waals surface area contributed by atoms with E-state index in [-0.39, 0.29) is 17.3 Å². The molecule has 1 aliphatic rings. The van der Waals surface area contributed by atoms with Gasteiger partial charge in [-0.15, -0.1) is 0 Å². The van der Waals surface area contributed by atoms with Gasteiger partial charge in [-0.05, 0) is 20.1 Å². The number of carbonyl (C=O) groups excluding carboxylic acids is 1. The van der Waals surface area contributed by atoms with Gasteiger partial charge in [0, 0.05) is 18.4 Å². The predicted molar refractivity (Wildman–Crippen MR) is 69.5 cm³/mol. The Morgan fingerprint density at radius 1 is 1.61 bits per heavy atom. The Kier molecular flexibility index (Phi) is 3.54. The summed E-state index contributed by atoms with van der Waals surface area (Å²) in [6.45, 7) is 3.79. The second-order valence-electron chi connectivity index (χ2n) is 4.39. The van der Waals surface area contributed by atoms with E-state index in [1.54, 1.807) is 31.8 Å². The van der Waals surface area contributed by atoms with Crippen LogP contribution in [0.25, 0.3) is 0 Å². The summed E-state index contributed by atoms with van der Waals surface area (Å²) in [4.78, 5) is 14.7. The molecule has 100 valence electrons. The lowest BCUT2D eigenvalue weighted by molar-refractivity contribution is 0.135. The van der Waals surface area contributed by atoms with Crippen LogP contribution in [0.15, 0.2) is 10.6 Å². The van der Waals surface area contributed by atoms with E-state index in [2.05, 4.69) is 5.16 Å². The molecule has 0 spiro atoms. The summed E-state index contributed by atoms with van der Waals surface area (Å²) in [6.07, 6.45) is 1.07. The molecule has 1 N–H and O–H groups in total. The van der Waals surface area contributed by atoms with Crippen molar-refractivity contribution in [1.29, 1.82) is 0 Å². The first-order valence-electron chi connectivity index (χ1n) is 5.71. The molecule has 2 rings (SSSR count). The number of carbonyl (C=O) groups is 1. The van der Waals surface area contributed by atoms with Crippen molar-refractivity contribution in [2.24, 2.45) is 0 Å². The number of likely N-dealkylation sites (N-methyl/N-ethyl adjacent to an activating group) is 1. The average Bonchev–Trinajstić information content (AvgIpc) is 2.90. The van der Waals surface area contributed by atoms with Gasteiger partial charge < -0.3 is 14.5 Å². The lowest BCUT2D eigenvalue weighted by atomic mass is 10.3. The number of amides is 2. The Balaban J connectivity index is 2.27. The van der Waals surface area contributed by atoms with Gasteiger partial charge in [-0.1, -0.05) is 5.16 Å². The zero-order valence-corrected chi connectivity index (χ0v) is 11.6. The first-order chi connectivity index (χ1) is 8.47. The van der Waals surface area contributed by atoms with Crippen LogP contribution in [0.3, 0.4) is 0 Å². The fourth-order valence-electron chi connectivity index (χ4n) is 1.80. The first-order valence-corrected chi connectivity index (χ1v) is 6.99. The Morgan fingerprint density at radius 3 is 2.78 bits per heavy atom. The number of thioether (sulfide) groups is 1. The van der Waals surface area contributed by atoms with Crippen LogP contribution >= 0.6 is 11.8 Å². The molecule has 3 unspecified atom stereocenters. The van der Waals surface area contributed by atoms with Gasteiger partial charge in [0.2, 0.25) is 5.88 Å². The smallest absolute Gasteiger partial charge is 0.329 e. The van der Waals surface area contributed by atoms with Crippen LogP contribution in [0, 0.1) is 0 Å². The van der Waals surface area contributed by atoms with E-state index in [0.717, 1.165) is 5.69 Å². The van der Waals surface area contributed by atoms with Gasteiger partial charge in [0.1, 0.15) is 0 Å². The number of urea groups is 1. The van der Waals surface area contributed by atoms with Gasteiger partial charge in [0.25, 0.3) is 0 Å². The van der Waals surface area contributed by atoms with E-state index in [9.17, 15) is 9.90 Å². The van der Waals surface area contributed by atoms with Crippen LogP contribution in [0.1, 0.15) is 24.8 Å². The summed E-state index contributed by atoms with van der Waals surface area (Å²) in [5, 5.41) is 14.1. The second-order valence-corrected chi connectivity index (χ2v) is 5.56. The molecule has 0 aliphatic carbocycles.